The van der Waals surface area contributed by atoms with E-state index in [1.54, 1.807) is 24.3 Å². The molecule has 0 aliphatic rings. The van der Waals surface area contributed by atoms with Gasteiger partial charge >= 0.3 is 0 Å². The van der Waals surface area contributed by atoms with Crippen LogP contribution in [0.25, 0.3) is 0 Å². The van der Waals surface area contributed by atoms with Crippen LogP contribution in [0.4, 0.5) is 0 Å². The molecule has 1 rings (SSSR count). The van der Waals surface area contributed by atoms with Crippen LogP contribution >= 0.6 is 22.6 Å². The van der Waals surface area contributed by atoms with E-state index in [4.69, 9.17) is 0 Å². The summed E-state index contributed by atoms with van der Waals surface area (Å²) < 4.78 is 25.2. The van der Waals surface area contributed by atoms with Crippen LogP contribution in [0.1, 0.15) is 5.56 Å². The van der Waals surface area contributed by atoms with Crippen molar-refractivity contribution in [3.63, 3.8) is 0 Å². The van der Waals surface area contributed by atoms with Crippen LogP contribution in [0.5, 0.6) is 0 Å². The molecule has 6 heteroatoms. The smallest absolute Gasteiger partial charge is 0.249 e. The Morgan fingerprint density at radius 2 is 2.00 bits per heavy atom. The summed E-state index contributed by atoms with van der Waals surface area (Å²) in [6, 6.07) is 6.68. The van der Waals surface area contributed by atoms with E-state index in [1.165, 1.54) is 0 Å². The van der Waals surface area contributed by atoms with Gasteiger partial charge in [0.15, 0.2) is 0 Å². The van der Waals surface area contributed by atoms with Crippen LogP contribution in [0.2, 0.25) is 0 Å². The molecule has 0 aromatic heterocycles. The van der Waals surface area contributed by atoms with Gasteiger partial charge < -0.3 is 5.11 Å². The maximum atomic E-state index is 11.3. The lowest BCUT2D eigenvalue weighted by Crippen LogP contribution is -2.21. The van der Waals surface area contributed by atoms with Crippen molar-refractivity contribution in [1.82, 2.24) is 0 Å². The lowest BCUT2D eigenvalue weighted by molar-refractivity contribution is -0.212. The summed E-state index contributed by atoms with van der Waals surface area (Å²) in [7, 11) is -3.62. The van der Waals surface area contributed by atoms with E-state index in [1.807, 2.05) is 22.6 Å². The number of sulfonamides is 1. The third-order valence-electron chi connectivity index (χ3n) is 1.35. The van der Waals surface area contributed by atoms with Gasteiger partial charge in [-0.3, -0.25) is 0 Å². The summed E-state index contributed by atoms with van der Waals surface area (Å²) in [4.78, 5) is 0. The van der Waals surface area contributed by atoms with Crippen LogP contribution in [-0.4, -0.2) is 20.6 Å². The Kier molecular flexibility index (Phi) is 3.48. The van der Waals surface area contributed by atoms with Gasteiger partial charge in [-0.2, -0.15) is 4.40 Å². The second-order valence-electron chi connectivity index (χ2n) is 2.61. The van der Waals surface area contributed by atoms with Crippen LogP contribution in [-0.2, 0) is 10.0 Å². The maximum Gasteiger partial charge on any atom is 0.249 e. The third kappa shape index (κ3) is 3.26. The summed E-state index contributed by atoms with van der Waals surface area (Å²) in [5, 5.41) is 11.3. The Morgan fingerprint density at radius 1 is 1.43 bits per heavy atom. The summed E-state index contributed by atoms with van der Waals surface area (Å²) >= 11 is 1.95. The fraction of sp³-hybridized carbons (Fsp3) is 0.125. The highest BCUT2D eigenvalue weighted by Crippen LogP contribution is 2.11. The molecule has 4 nitrogen and oxygen atoms in total. The standard InChI is InChI=1S/C8H8INO3S/c1-14(12,13)10-8(11)6-4-2-3-5-7(6)9/h2-5H,1H3,(H,10,11)/p-1. The number of rotatable bonds is 2. The molecular weight excluding hydrogens is 317 g/mol. The SMILES string of the molecule is CS(=O)(=O)/N=C(/[O-])c1ccccc1I. The minimum absolute atomic E-state index is 0.304. The largest absolute Gasteiger partial charge is 0.858 e. The van der Waals surface area contributed by atoms with Gasteiger partial charge in [0.1, 0.15) is 0 Å². The molecule has 0 saturated heterocycles. The first-order valence-electron chi connectivity index (χ1n) is 3.62. The van der Waals surface area contributed by atoms with E-state index >= 15 is 0 Å². The van der Waals surface area contributed by atoms with Gasteiger partial charge in [-0.1, -0.05) is 18.2 Å². The molecule has 0 bridgehead atoms. The third-order valence-corrected chi connectivity index (χ3v) is 2.79. The van der Waals surface area contributed by atoms with Crippen molar-refractivity contribution >= 4 is 38.5 Å². The molecule has 0 amide bonds. The van der Waals surface area contributed by atoms with E-state index in [9.17, 15) is 13.5 Å². The highest BCUT2D eigenvalue weighted by atomic mass is 127. The lowest BCUT2D eigenvalue weighted by Gasteiger charge is -2.11. The van der Waals surface area contributed by atoms with Crippen molar-refractivity contribution in [2.45, 2.75) is 0 Å². The molecule has 0 radical (unpaired) electrons. The summed E-state index contributed by atoms with van der Waals surface area (Å²) in [5.74, 6) is -0.725. The molecule has 0 unspecified atom stereocenters. The van der Waals surface area contributed by atoms with Crippen LogP contribution < -0.4 is 5.11 Å². The Labute approximate surface area is 95.9 Å². The van der Waals surface area contributed by atoms with Gasteiger partial charge in [0.2, 0.25) is 10.0 Å². The van der Waals surface area contributed by atoms with Gasteiger partial charge in [0.25, 0.3) is 0 Å². The van der Waals surface area contributed by atoms with Crippen molar-refractivity contribution in [2.75, 3.05) is 6.26 Å². The van der Waals surface area contributed by atoms with Crippen molar-refractivity contribution < 1.29 is 13.5 Å². The van der Waals surface area contributed by atoms with E-state index in [2.05, 4.69) is 4.40 Å². The topological polar surface area (TPSA) is 69.6 Å². The first-order valence-corrected chi connectivity index (χ1v) is 6.55. The normalized spacial score (nSPS) is 12.9. The summed E-state index contributed by atoms with van der Waals surface area (Å²) in [6.45, 7) is 0. The second kappa shape index (κ2) is 4.26. The van der Waals surface area contributed by atoms with Crippen LogP contribution in [0.3, 0.4) is 0 Å². The maximum absolute atomic E-state index is 11.3. The van der Waals surface area contributed by atoms with Crippen LogP contribution in [0, 0.1) is 3.57 Å². The van der Waals surface area contributed by atoms with E-state index in [0.29, 0.717) is 9.13 Å². The molecule has 0 fully saturated rings. The number of hydrogen-bond acceptors (Lipinski definition) is 3. The number of nitrogens with zero attached hydrogens (tertiary/aromatic N) is 1. The van der Waals surface area contributed by atoms with Crippen LogP contribution in [0.15, 0.2) is 28.7 Å². The molecule has 0 atom stereocenters. The Bertz CT molecular complexity index is 467. The zero-order chi connectivity index (χ0) is 10.8. The highest BCUT2D eigenvalue weighted by molar-refractivity contribution is 14.1. The number of hydrogen-bond donors (Lipinski definition) is 0. The number of benzene rings is 1. The Hall–Kier alpha value is -0.630. The summed E-state index contributed by atoms with van der Waals surface area (Å²) in [5.41, 5.74) is 0.304. The molecule has 0 saturated carbocycles. The zero-order valence-corrected chi connectivity index (χ0v) is 10.2. The molecule has 0 aliphatic heterocycles. The first kappa shape index (κ1) is 11.4. The molecule has 0 spiro atoms. The van der Waals surface area contributed by atoms with Crippen molar-refractivity contribution in [3.8, 4) is 0 Å². The van der Waals surface area contributed by atoms with Crippen molar-refractivity contribution in [2.24, 2.45) is 4.40 Å². The highest BCUT2D eigenvalue weighted by Gasteiger charge is 2.01. The fourth-order valence-electron chi connectivity index (χ4n) is 0.834. The quantitative estimate of drug-likeness (QED) is 0.448. The van der Waals surface area contributed by atoms with E-state index in [0.717, 1.165) is 6.26 Å². The molecule has 0 heterocycles. The Balaban J connectivity index is 3.20. The predicted octanol–water partition coefficient (Wildman–Crippen LogP) is 0.358. The molecular formula is C8H7INO3S-. The van der Waals surface area contributed by atoms with Gasteiger partial charge in [-0.25, -0.2) is 8.42 Å². The molecule has 1 aromatic carbocycles. The zero-order valence-electron chi connectivity index (χ0n) is 7.27. The van der Waals surface area contributed by atoms with Crippen molar-refractivity contribution in [3.05, 3.63) is 33.4 Å². The Morgan fingerprint density at radius 3 is 2.50 bits per heavy atom. The molecule has 0 N–H and O–H groups in total. The average molecular weight is 324 g/mol. The van der Waals surface area contributed by atoms with Gasteiger partial charge in [0, 0.05) is 9.47 Å². The summed E-state index contributed by atoms with van der Waals surface area (Å²) in [6.07, 6.45) is 0.890. The fourth-order valence-corrected chi connectivity index (χ4v) is 1.85. The van der Waals surface area contributed by atoms with Crippen molar-refractivity contribution in [1.29, 1.82) is 0 Å². The minimum atomic E-state index is -3.62. The van der Waals surface area contributed by atoms with Gasteiger partial charge in [0.05, 0.1) is 6.26 Å². The minimum Gasteiger partial charge on any atom is -0.858 e. The monoisotopic (exact) mass is 324 g/mol. The van der Waals surface area contributed by atoms with Gasteiger partial charge in [-0.05, 0) is 34.2 Å². The molecule has 1 aromatic rings. The lowest BCUT2D eigenvalue weighted by atomic mass is 10.2. The number of halogens is 1. The predicted molar refractivity (Wildman–Crippen MR) is 60.5 cm³/mol. The second-order valence-corrected chi connectivity index (χ2v) is 5.42. The van der Waals surface area contributed by atoms with E-state index in [-0.39, 0.29) is 0 Å². The van der Waals surface area contributed by atoms with E-state index < -0.39 is 15.9 Å². The molecule has 76 valence electrons. The molecule has 0 aliphatic carbocycles. The average Bonchev–Trinajstić information content (AvgIpc) is 2.01. The van der Waals surface area contributed by atoms with Gasteiger partial charge in [-0.15, -0.1) is 0 Å². The molecule has 14 heavy (non-hydrogen) atoms. The first-order chi connectivity index (χ1) is 6.40.